The lowest BCUT2D eigenvalue weighted by molar-refractivity contribution is -0.234. The fourth-order valence-electron chi connectivity index (χ4n) is 2.84. The van der Waals surface area contributed by atoms with Crippen molar-refractivity contribution in [3.05, 3.63) is 11.6 Å². The highest BCUT2D eigenvalue weighted by Gasteiger charge is 2.13. The molecule has 0 radical (unpaired) electrons. The fraction of sp³-hybridized carbons (Fsp3) is 0.722. The van der Waals surface area contributed by atoms with Gasteiger partial charge in [-0.05, 0) is 25.7 Å². The molecule has 24 heavy (non-hydrogen) atoms. The van der Waals surface area contributed by atoms with E-state index in [9.17, 15) is 15.0 Å². The molecule has 0 aliphatic rings. The molecule has 3 N–H and O–H groups in total. The minimum Gasteiger partial charge on any atom is -0.494 e. The highest BCUT2D eigenvalue weighted by molar-refractivity contribution is 5.68. The molecule has 0 bridgehead atoms. The van der Waals surface area contributed by atoms with Crippen LogP contribution in [0, 0.1) is 0 Å². The van der Waals surface area contributed by atoms with E-state index in [0.29, 0.717) is 13.0 Å². The Balaban J connectivity index is 2.31. The Bertz CT molecular complexity index is 484. The quantitative estimate of drug-likeness (QED) is 0.281. The van der Waals surface area contributed by atoms with Crippen LogP contribution in [0.4, 0.5) is 0 Å². The first-order chi connectivity index (χ1) is 11.6. The normalized spacial score (nSPS) is 10.9. The van der Waals surface area contributed by atoms with E-state index >= 15 is 0 Å². The maximum atomic E-state index is 10.8. The Kier molecular flexibility index (Phi) is 10.00. The van der Waals surface area contributed by atoms with E-state index in [4.69, 9.17) is 5.26 Å². The van der Waals surface area contributed by atoms with Gasteiger partial charge in [0.15, 0.2) is 11.8 Å². The second-order valence-corrected chi connectivity index (χ2v) is 6.29. The van der Waals surface area contributed by atoms with Gasteiger partial charge in [0.05, 0.1) is 0 Å². The van der Waals surface area contributed by atoms with Crippen LogP contribution in [0.25, 0.3) is 0 Å². The van der Waals surface area contributed by atoms with E-state index in [2.05, 4.69) is 11.8 Å². The number of nitrogens with zero attached hydrogens (tertiary/aromatic N) is 1. The molecule has 0 aliphatic heterocycles. The van der Waals surface area contributed by atoms with Gasteiger partial charge in [0.2, 0.25) is 0 Å². The van der Waals surface area contributed by atoms with Gasteiger partial charge in [-0.25, -0.2) is 4.79 Å². The van der Waals surface area contributed by atoms with Crippen LogP contribution < -0.4 is 0 Å². The molecule has 0 aromatic carbocycles. The fourth-order valence-corrected chi connectivity index (χ4v) is 2.84. The van der Waals surface area contributed by atoms with E-state index in [1.165, 1.54) is 30.3 Å². The average molecular weight is 341 g/mol. The molecule has 138 valence electrons. The van der Waals surface area contributed by atoms with E-state index < -0.39 is 5.97 Å². The van der Waals surface area contributed by atoms with Gasteiger partial charge in [-0.1, -0.05) is 45.4 Å². The number of rotatable bonds is 13. The number of aromatic hydroxyl groups is 2. The third kappa shape index (κ3) is 7.25. The summed E-state index contributed by atoms with van der Waals surface area (Å²) in [5, 5.41) is 28.3. The molecular formula is C18H31NO5. The van der Waals surface area contributed by atoms with Gasteiger partial charge in [0.1, 0.15) is 0 Å². The molecule has 0 atom stereocenters. The Labute approximate surface area is 144 Å². The number of carbonyl (C=O) groups excluding carboxylic acids is 1. The molecule has 1 heterocycles. The van der Waals surface area contributed by atoms with Crippen molar-refractivity contribution in [3.8, 4) is 11.8 Å². The standard InChI is InChI=1S/C18H31NO5/c1-2-3-4-5-6-8-11-15-14-16(20)19(18(15)22)13-10-7-9-12-17(21)24-23/h14,20,22-23H,2-13H2,1H3. The van der Waals surface area contributed by atoms with Crippen molar-refractivity contribution >= 4 is 5.97 Å². The van der Waals surface area contributed by atoms with E-state index in [1.807, 2.05) is 0 Å². The lowest BCUT2D eigenvalue weighted by atomic mass is 10.1. The summed E-state index contributed by atoms with van der Waals surface area (Å²) in [4.78, 5) is 14.4. The van der Waals surface area contributed by atoms with Gasteiger partial charge in [-0.15, -0.1) is 0 Å². The molecule has 1 aromatic heterocycles. The first-order valence-electron chi connectivity index (χ1n) is 9.04. The number of hydrogen-bond donors (Lipinski definition) is 3. The van der Waals surface area contributed by atoms with Crippen molar-refractivity contribution in [2.45, 2.75) is 84.1 Å². The van der Waals surface area contributed by atoms with E-state index in [1.54, 1.807) is 6.07 Å². The van der Waals surface area contributed by atoms with Gasteiger partial charge in [-0.2, -0.15) is 5.26 Å². The molecule has 0 spiro atoms. The molecule has 0 aliphatic carbocycles. The second kappa shape index (κ2) is 11.8. The molecule has 1 rings (SSSR count). The summed E-state index contributed by atoms with van der Waals surface area (Å²) >= 11 is 0. The predicted octanol–water partition coefficient (Wildman–Crippen LogP) is 4.38. The van der Waals surface area contributed by atoms with Crippen LogP contribution in [0.15, 0.2) is 6.07 Å². The van der Waals surface area contributed by atoms with Crippen LogP contribution in [0.2, 0.25) is 0 Å². The number of hydrogen-bond acceptors (Lipinski definition) is 5. The van der Waals surface area contributed by atoms with Crippen molar-refractivity contribution in [3.63, 3.8) is 0 Å². The van der Waals surface area contributed by atoms with Crippen LogP contribution in [-0.2, 0) is 22.6 Å². The summed E-state index contributed by atoms with van der Waals surface area (Å²) in [6, 6.07) is 1.64. The third-order valence-corrected chi connectivity index (χ3v) is 4.29. The van der Waals surface area contributed by atoms with Crippen LogP contribution in [0.1, 0.15) is 76.7 Å². The molecule has 1 aromatic rings. The Morgan fingerprint density at radius 2 is 1.71 bits per heavy atom. The summed E-state index contributed by atoms with van der Waals surface area (Å²) in [5.41, 5.74) is 0.798. The highest BCUT2D eigenvalue weighted by Crippen LogP contribution is 2.29. The molecule has 0 saturated carbocycles. The van der Waals surface area contributed by atoms with Gasteiger partial charge < -0.3 is 15.1 Å². The average Bonchev–Trinajstić information content (AvgIpc) is 2.84. The Morgan fingerprint density at radius 3 is 2.42 bits per heavy atom. The van der Waals surface area contributed by atoms with Crippen molar-refractivity contribution in [2.75, 3.05) is 0 Å². The largest absolute Gasteiger partial charge is 0.494 e. The molecule has 6 nitrogen and oxygen atoms in total. The summed E-state index contributed by atoms with van der Waals surface area (Å²) in [5.74, 6) is -0.401. The minimum absolute atomic E-state index is 0.0863. The van der Waals surface area contributed by atoms with Crippen molar-refractivity contribution in [1.82, 2.24) is 4.57 Å². The number of unbranched alkanes of at least 4 members (excludes halogenated alkanes) is 7. The van der Waals surface area contributed by atoms with Crippen molar-refractivity contribution < 1.29 is 25.2 Å². The van der Waals surface area contributed by atoms with Gasteiger partial charge in [0.25, 0.3) is 0 Å². The topological polar surface area (TPSA) is 91.9 Å². The zero-order valence-electron chi connectivity index (χ0n) is 14.7. The monoisotopic (exact) mass is 341 g/mol. The van der Waals surface area contributed by atoms with Crippen LogP contribution >= 0.6 is 0 Å². The maximum absolute atomic E-state index is 10.8. The molecule has 0 unspecified atom stereocenters. The first kappa shape index (κ1) is 20.4. The highest BCUT2D eigenvalue weighted by atomic mass is 17.1. The number of carbonyl (C=O) groups is 1. The minimum atomic E-state index is -0.636. The lowest BCUT2D eigenvalue weighted by Crippen LogP contribution is -2.01. The van der Waals surface area contributed by atoms with E-state index in [0.717, 1.165) is 37.7 Å². The van der Waals surface area contributed by atoms with Gasteiger partial charge in [0, 0.05) is 24.6 Å². The van der Waals surface area contributed by atoms with Gasteiger partial charge >= 0.3 is 5.97 Å². The third-order valence-electron chi connectivity index (χ3n) is 4.29. The zero-order valence-corrected chi connectivity index (χ0v) is 14.7. The smallest absolute Gasteiger partial charge is 0.342 e. The molecule has 6 heteroatoms. The summed E-state index contributed by atoms with van der Waals surface area (Å²) in [6.07, 6.45) is 10.2. The molecule has 0 fully saturated rings. The second-order valence-electron chi connectivity index (χ2n) is 6.29. The lowest BCUT2D eigenvalue weighted by Gasteiger charge is -2.07. The maximum Gasteiger partial charge on any atom is 0.342 e. The first-order valence-corrected chi connectivity index (χ1v) is 9.04. The molecule has 0 amide bonds. The van der Waals surface area contributed by atoms with Crippen LogP contribution in [-0.4, -0.2) is 26.0 Å². The molecule has 0 saturated heterocycles. The van der Waals surface area contributed by atoms with Crippen molar-refractivity contribution in [2.24, 2.45) is 0 Å². The molecular weight excluding hydrogens is 310 g/mol. The predicted molar refractivity (Wildman–Crippen MR) is 92.0 cm³/mol. The van der Waals surface area contributed by atoms with Crippen LogP contribution in [0.5, 0.6) is 11.8 Å². The summed E-state index contributed by atoms with van der Waals surface area (Å²) in [7, 11) is 0. The number of aromatic nitrogens is 1. The van der Waals surface area contributed by atoms with E-state index in [-0.39, 0.29) is 18.2 Å². The zero-order chi connectivity index (χ0) is 17.8. The number of aryl methyl sites for hydroxylation is 1. The van der Waals surface area contributed by atoms with Crippen LogP contribution in [0.3, 0.4) is 0 Å². The summed E-state index contributed by atoms with van der Waals surface area (Å²) in [6.45, 7) is 2.70. The van der Waals surface area contributed by atoms with Crippen molar-refractivity contribution in [1.29, 1.82) is 0 Å². The summed E-state index contributed by atoms with van der Waals surface area (Å²) < 4.78 is 1.51. The Hall–Kier alpha value is -1.69. The SMILES string of the molecule is CCCCCCCCc1cc(O)n(CCCCCC(=O)OO)c1O. The Morgan fingerprint density at radius 1 is 1.04 bits per heavy atom. The van der Waals surface area contributed by atoms with Gasteiger partial charge in [-0.3, -0.25) is 4.57 Å².